The Bertz CT molecular complexity index is 480. The van der Waals surface area contributed by atoms with Crippen LogP contribution in [-0.2, 0) is 16.1 Å². The maximum atomic E-state index is 10.9. The number of amides is 1. The van der Waals surface area contributed by atoms with Crippen molar-refractivity contribution >= 4 is 11.9 Å². The summed E-state index contributed by atoms with van der Waals surface area (Å²) in [5.74, 6) is -1.69. The topological polar surface area (TPSA) is 92.4 Å². The molecule has 0 aromatic heterocycles. The molecule has 5 nitrogen and oxygen atoms in total. The number of carboxylic acid groups (broad SMARTS) is 1. The largest absolute Gasteiger partial charge is 0.481 e. The minimum absolute atomic E-state index is 0.265. The molecule has 0 heterocycles. The standard InChI is InChI=1S/C15H22N2O3/c1-10(14(19)20)12-6-4-11(5-7-12)9-17-15(2,3)8-13(16)18/h4-7,10,17H,8-9H2,1-3H3,(H2,16,18)(H,19,20). The van der Waals surface area contributed by atoms with Crippen LogP contribution in [0.1, 0.15) is 44.2 Å². The molecule has 20 heavy (non-hydrogen) atoms. The lowest BCUT2D eigenvalue weighted by Gasteiger charge is -2.25. The molecule has 0 saturated heterocycles. The number of carboxylic acids is 1. The highest BCUT2D eigenvalue weighted by Crippen LogP contribution is 2.16. The van der Waals surface area contributed by atoms with Crippen LogP contribution < -0.4 is 11.1 Å². The summed E-state index contributed by atoms with van der Waals surface area (Å²) in [6.45, 7) is 6.09. The second-order valence-corrected chi connectivity index (χ2v) is 5.68. The average Bonchev–Trinajstić information content (AvgIpc) is 2.34. The Kier molecular flexibility index (Phi) is 5.27. The van der Waals surface area contributed by atoms with Gasteiger partial charge in [-0.25, -0.2) is 0 Å². The van der Waals surface area contributed by atoms with Gasteiger partial charge in [0, 0.05) is 18.5 Å². The number of hydrogen-bond acceptors (Lipinski definition) is 3. The first kappa shape index (κ1) is 16.2. The van der Waals surface area contributed by atoms with Crippen molar-refractivity contribution in [1.29, 1.82) is 0 Å². The van der Waals surface area contributed by atoms with Gasteiger partial charge in [0.2, 0.25) is 5.91 Å². The molecule has 0 saturated carbocycles. The number of nitrogens with one attached hydrogen (secondary N) is 1. The van der Waals surface area contributed by atoms with E-state index in [1.165, 1.54) is 0 Å². The maximum absolute atomic E-state index is 10.9. The minimum Gasteiger partial charge on any atom is -0.481 e. The van der Waals surface area contributed by atoms with Crippen molar-refractivity contribution in [1.82, 2.24) is 5.32 Å². The molecule has 1 atom stereocenters. The van der Waals surface area contributed by atoms with Crippen molar-refractivity contribution in [3.05, 3.63) is 35.4 Å². The molecule has 1 amide bonds. The molecule has 0 radical (unpaired) electrons. The molecule has 1 rings (SSSR count). The van der Waals surface area contributed by atoms with Gasteiger partial charge in [0.15, 0.2) is 0 Å². The second-order valence-electron chi connectivity index (χ2n) is 5.68. The van der Waals surface area contributed by atoms with Crippen LogP contribution in [0.25, 0.3) is 0 Å². The monoisotopic (exact) mass is 278 g/mol. The normalized spacial score (nSPS) is 12.9. The predicted molar refractivity (Wildman–Crippen MR) is 77.2 cm³/mol. The lowest BCUT2D eigenvalue weighted by molar-refractivity contribution is -0.138. The van der Waals surface area contributed by atoms with E-state index < -0.39 is 11.9 Å². The third-order valence-corrected chi connectivity index (χ3v) is 3.24. The van der Waals surface area contributed by atoms with Gasteiger partial charge in [-0.15, -0.1) is 0 Å². The van der Waals surface area contributed by atoms with Crippen molar-refractivity contribution in [3.8, 4) is 0 Å². The van der Waals surface area contributed by atoms with Crippen molar-refractivity contribution in [2.45, 2.75) is 45.2 Å². The second kappa shape index (κ2) is 6.52. The third kappa shape index (κ3) is 5.01. The Hall–Kier alpha value is -1.88. The Labute approximate surface area is 119 Å². The summed E-state index contributed by atoms with van der Waals surface area (Å²) < 4.78 is 0. The SMILES string of the molecule is CC(C(=O)O)c1ccc(CNC(C)(C)CC(N)=O)cc1. The van der Waals surface area contributed by atoms with Gasteiger partial charge in [-0.3, -0.25) is 9.59 Å². The highest BCUT2D eigenvalue weighted by atomic mass is 16.4. The van der Waals surface area contributed by atoms with Crippen molar-refractivity contribution in [2.24, 2.45) is 5.73 Å². The molecule has 1 aromatic rings. The molecule has 1 unspecified atom stereocenters. The van der Waals surface area contributed by atoms with Gasteiger partial charge in [0.25, 0.3) is 0 Å². The van der Waals surface area contributed by atoms with E-state index in [0.29, 0.717) is 6.54 Å². The lowest BCUT2D eigenvalue weighted by Crippen LogP contribution is -2.42. The third-order valence-electron chi connectivity index (χ3n) is 3.24. The number of rotatable bonds is 7. The molecule has 110 valence electrons. The van der Waals surface area contributed by atoms with Gasteiger partial charge < -0.3 is 16.2 Å². The van der Waals surface area contributed by atoms with Gasteiger partial charge in [-0.05, 0) is 31.9 Å². The fraction of sp³-hybridized carbons (Fsp3) is 0.467. The van der Waals surface area contributed by atoms with Gasteiger partial charge in [-0.2, -0.15) is 0 Å². The van der Waals surface area contributed by atoms with E-state index in [1.807, 2.05) is 38.1 Å². The molecule has 4 N–H and O–H groups in total. The summed E-state index contributed by atoms with van der Waals surface area (Å²) in [7, 11) is 0. The van der Waals surface area contributed by atoms with E-state index in [2.05, 4.69) is 5.32 Å². The van der Waals surface area contributed by atoms with E-state index in [1.54, 1.807) is 6.92 Å². The van der Waals surface area contributed by atoms with Gasteiger partial charge >= 0.3 is 5.97 Å². The van der Waals surface area contributed by atoms with Crippen LogP contribution in [0.3, 0.4) is 0 Å². The van der Waals surface area contributed by atoms with Crippen LogP contribution in [0.5, 0.6) is 0 Å². The summed E-state index contributed by atoms with van der Waals surface area (Å²) in [5.41, 5.74) is 6.64. The first-order valence-electron chi connectivity index (χ1n) is 6.56. The minimum atomic E-state index is -0.835. The van der Waals surface area contributed by atoms with Crippen molar-refractivity contribution in [2.75, 3.05) is 0 Å². The molecule has 0 aliphatic rings. The molecule has 0 fully saturated rings. The Morgan fingerprint density at radius 2 is 1.85 bits per heavy atom. The molecular weight excluding hydrogens is 256 g/mol. The van der Waals surface area contributed by atoms with Crippen molar-refractivity contribution in [3.63, 3.8) is 0 Å². The highest BCUT2D eigenvalue weighted by Gasteiger charge is 2.19. The van der Waals surface area contributed by atoms with Crippen LogP contribution in [0, 0.1) is 0 Å². The summed E-state index contributed by atoms with van der Waals surface area (Å²) in [6.07, 6.45) is 0.265. The molecular formula is C15H22N2O3. The molecule has 0 bridgehead atoms. The van der Waals surface area contributed by atoms with Crippen LogP contribution in [0.15, 0.2) is 24.3 Å². The summed E-state index contributed by atoms with van der Waals surface area (Å²) >= 11 is 0. The number of benzene rings is 1. The molecule has 0 spiro atoms. The summed E-state index contributed by atoms with van der Waals surface area (Å²) in [5, 5.41) is 12.2. The van der Waals surface area contributed by atoms with Crippen LogP contribution in [0.2, 0.25) is 0 Å². The fourth-order valence-electron chi connectivity index (χ4n) is 1.91. The number of carbonyl (C=O) groups is 2. The van der Waals surface area contributed by atoms with Crippen LogP contribution >= 0.6 is 0 Å². The zero-order valence-corrected chi connectivity index (χ0v) is 12.1. The van der Waals surface area contributed by atoms with Gasteiger partial charge in [-0.1, -0.05) is 24.3 Å². The predicted octanol–water partition coefficient (Wildman–Crippen LogP) is 1.62. The fourth-order valence-corrected chi connectivity index (χ4v) is 1.91. The van der Waals surface area contributed by atoms with E-state index >= 15 is 0 Å². The first-order chi connectivity index (χ1) is 9.21. The average molecular weight is 278 g/mol. The zero-order chi connectivity index (χ0) is 15.3. The van der Waals surface area contributed by atoms with E-state index in [9.17, 15) is 9.59 Å². The zero-order valence-electron chi connectivity index (χ0n) is 12.1. The quantitative estimate of drug-likeness (QED) is 0.706. The van der Waals surface area contributed by atoms with Gasteiger partial charge in [0.1, 0.15) is 0 Å². The number of hydrogen-bond donors (Lipinski definition) is 3. The van der Waals surface area contributed by atoms with E-state index in [0.717, 1.165) is 11.1 Å². The summed E-state index contributed by atoms with van der Waals surface area (Å²) in [6, 6.07) is 7.41. The van der Waals surface area contributed by atoms with Crippen molar-refractivity contribution < 1.29 is 14.7 Å². The Morgan fingerprint density at radius 3 is 2.30 bits per heavy atom. The Balaban J connectivity index is 2.62. The number of aliphatic carboxylic acids is 1. The first-order valence-corrected chi connectivity index (χ1v) is 6.56. The molecule has 0 aliphatic carbocycles. The van der Waals surface area contributed by atoms with Gasteiger partial charge in [0.05, 0.1) is 5.92 Å². The molecule has 0 aliphatic heterocycles. The Morgan fingerprint density at radius 1 is 1.30 bits per heavy atom. The highest BCUT2D eigenvalue weighted by molar-refractivity contribution is 5.75. The number of nitrogens with two attached hydrogens (primary N) is 1. The van der Waals surface area contributed by atoms with Crippen LogP contribution in [0.4, 0.5) is 0 Å². The number of primary amides is 1. The smallest absolute Gasteiger partial charge is 0.310 e. The molecule has 1 aromatic carbocycles. The van der Waals surface area contributed by atoms with E-state index in [4.69, 9.17) is 10.8 Å². The summed E-state index contributed by atoms with van der Waals surface area (Å²) in [4.78, 5) is 21.8. The lowest BCUT2D eigenvalue weighted by atomic mass is 9.98. The number of carbonyl (C=O) groups excluding carboxylic acids is 1. The van der Waals surface area contributed by atoms with E-state index in [-0.39, 0.29) is 17.9 Å². The molecule has 5 heteroatoms. The maximum Gasteiger partial charge on any atom is 0.310 e. The van der Waals surface area contributed by atoms with Crippen LogP contribution in [-0.4, -0.2) is 22.5 Å².